The van der Waals surface area contributed by atoms with Crippen LogP contribution in [0.25, 0.3) is 0 Å². The van der Waals surface area contributed by atoms with Crippen molar-refractivity contribution in [3.05, 3.63) is 29.8 Å². The van der Waals surface area contributed by atoms with Crippen molar-refractivity contribution < 1.29 is 4.79 Å². The largest absolute Gasteiger partial charge is 0.320 e. The van der Waals surface area contributed by atoms with Gasteiger partial charge >= 0.3 is 0 Å². The summed E-state index contributed by atoms with van der Waals surface area (Å²) >= 11 is 0. The third-order valence-corrected chi connectivity index (χ3v) is 3.48. The van der Waals surface area contributed by atoms with E-state index in [0.717, 1.165) is 38.0 Å². The Balaban J connectivity index is 2.09. The van der Waals surface area contributed by atoms with Crippen LogP contribution in [0.1, 0.15) is 31.2 Å². The number of aryl methyl sites for hydroxylation is 1. The molecule has 0 spiro atoms. The van der Waals surface area contributed by atoms with E-state index in [1.54, 1.807) is 0 Å². The number of carbonyl (C=O) groups excluding carboxylic acids is 1. The standard InChI is InChI=1S/C15H22N2O/c1-16-11-6-10-15(18)17-12-5-4-8-13-7-2-3-9-14(13)17/h2-3,7,9,16H,4-6,8,10-12H2,1H3. The van der Waals surface area contributed by atoms with Crippen molar-refractivity contribution in [2.75, 3.05) is 25.0 Å². The minimum Gasteiger partial charge on any atom is -0.320 e. The van der Waals surface area contributed by atoms with Crippen LogP contribution in [0.15, 0.2) is 24.3 Å². The molecule has 0 saturated carbocycles. The van der Waals surface area contributed by atoms with Crippen LogP contribution < -0.4 is 10.2 Å². The molecule has 1 N–H and O–H groups in total. The molecule has 3 heteroatoms. The number of amides is 1. The monoisotopic (exact) mass is 246 g/mol. The summed E-state index contributed by atoms with van der Waals surface area (Å²) in [7, 11) is 1.92. The molecule has 0 saturated heterocycles. The number of benzene rings is 1. The molecule has 2 rings (SSSR count). The van der Waals surface area contributed by atoms with Crippen LogP contribution in [-0.2, 0) is 11.2 Å². The first-order valence-corrected chi connectivity index (χ1v) is 6.86. The maximum absolute atomic E-state index is 12.3. The van der Waals surface area contributed by atoms with Gasteiger partial charge in [-0.05, 0) is 50.9 Å². The highest BCUT2D eigenvalue weighted by Gasteiger charge is 2.19. The van der Waals surface area contributed by atoms with Crippen LogP contribution in [0.3, 0.4) is 0 Å². The molecule has 3 nitrogen and oxygen atoms in total. The van der Waals surface area contributed by atoms with Crippen molar-refractivity contribution in [2.45, 2.75) is 32.1 Å². The molecule has 0 radical (unpaired) electrons. The van der Waals surface area contributed by atoms with Crippen LogP contribution in [0.4, 0.5) is 5.69 Å². The van der Waals surface area contributed by atoms with E-state index in [9.17, 15) is 4.79 Å². The van der Waals surface area contributed by atoms with Gasteiger partial charge in [0.2, 0.25) is 5.91 Å². The Morgan fingerprint density at radius 3 is 3.00 bits per heavy atom. The molecule has 98 valence electrons. The van der Waals surface area contributed by atoms with E-state index in [1.807, 2.05) is 18.0 Å². The molecule has 1 amide bonds. The second kappa shape index (κ2) is 6.55. The van der Waals surface area contributed by atoms with Gasteiger partial charge in [0, 0.05) is 18.7 Å². The molecule has 0 aliphatic carbocycles. The van der Waals surface area contributed by atoms with E-state index in [4.69, 9.17) is 0 Å². The molecule has 0 atom stereocenters. The Hall–Kier alpha value is -1.35. The highest BCUT2D eigenvalue weighted by molar-refractivity contribution is 5.94. The molecule has 0 fully saturated rings. The normalized spacial score (nSPS) is 15.1. The van der Waals surface area contributed by atoms with Crippen molar-refractivity contribution in [1.82, 2.24) is 5.32 Å². The highest BCUT2D eigenvalue weighted by atomic mass is 16.2. The molecule has 1 heterocycles. The summed E-state index contributed by atoms with van der Waals surface area (Å²) < 4.78 is 0. The second-order valence-electron chi connectivity index (χ2n) is 4.84. The highest BCUT2D eigenvalue weighted by Crippen LogP contribution is 2.26. The van der Waals surface area contributed by atoms with Gasteiger partial charge in [0.1, 0.15) is 0 Å². The zero-order valence-electron chi connectivity index (χ0n) is 11.1. The topological polar surface area (TPSA) is 32.3 Å². The Morgan fingerprint density at radius 1 is 1.33 bits per heavy atom. The molecule has 1 aliphatic rings. The first-order chi connectivity index (χ1) is 8.83. The van der Waals surface area contributed by atoms with E-state index in [0.29, 0.717) is 6.42 Å². The average Bonchev–Trinajstić information content (AvgIpc) is 2.61. The van der Waals surface area contributed by atoms with Crippen LogP contribution in [0.2, 0.25) is 0 Å². The van der Waals surface area contributed by atoms with Gasteiger partial charge in [0.15, 0.2) is 0 Å². The Morgan fingerprint density at radius 2 is 2.17 bits per heavy atom. The summed E-state index contributed by atoms with van der Waals surface area (Å²) in [5.74, 6) is 0.264. The van der Waals surface area contributed by atoms with Crippen LogP contribution in [-0.4, -0.2) is 26.0 Å². The van der Waals surface area contributed by atoms with Gasteiger partial charge in [-0.2, -0.15) is 0 Å². The zero-order valence-corrected chi connectivity index (χ0v) is 11.1. The van der Waals surface area contributed by atoms with Crippen LogP contribution >= 0.6 is 0 Å². The van der Waals surface area contributed by atoms with Crippen molar-refractivity contribution in [1.29, 1.82) is 0 Å². The number of carbonyl (C=O) groups is 1. The lowest BCUT2D eigenvalue weighted by Gasteiger charge is -2.23. The molecule has 18 heavy (non-hydrogen) atoms. The minimum absolute atomic E-state index is 0.264. The summed E-state index contributed by atoms with van der Waals surface area (Å²) in [6.45, 7) is 1.77. The number of hydrogen-bond acceptors (Lipinski definition) is 2. The number of nitrogens with one attached hydrogen (secondary N) is 1. The molecule has 0 unspecified atom stereocenters. The molecule has 0 aromatic heterocycles. The fourth-order valence-corrected chi connectivity index (χ4v) is 2.50. The Labute approximate surface area is 109 Å². The zero-order chi connectivity index (χ0) is 12.8. The van der Waals surface area contributed by atoms with Gasteiger partial charge < -0.3 is 10.2 Å². The predicted octanol–water partition coefficient (Wildman–Crippen LogP) is 2.36. The molecular formula is C15H22N2O. The quantitative estimate of drug-likeness (QED) is 0.827. The third-order valence-electron chi connectivity index (χ3n) is 3.48. The first kappa shape index (κ1) is 13.1. The van der Waals surface area contributed by atoms with Gasteiger partial charge in [-0.1, -0.05) is 18.2 Å². The van der Waals surface area contributed by atoms with Gasteiger partial charge in [0.25, 0.3) is 0 Å². The average molecular weight is 246 g/mol. The molecule has 0 bridgehead atoms. The summed E-state index contributed by atoms with van der Waals surface area (Å²) in [5, 5.41) is 3.09. The minimum atomic E-state index is 0.264. The summed E-state index contributed by atoms with van der Waals surface area (Å²) in [6.07, 6.45) is 4.92. The summed E-state index contributed by atoms with van der Waals surface area (Å²) in [6, 6.07) is 8.32. The van der Waals surface area contributed by atoms with Gasteiger partial charge in [-0.25, -0.2) is 0 Å². The Bertz CT molecular complexity index is 403. The summed E-state index contributed by atoms with van der Waals surface area (Å²) in [4.78, 5) is 14.3. The van der Waals surface area contributed by atoms with Gasteiger partial charge in [-0.15, -0.1) is 0 Å². The molecule has 1 aromatic rings. The smallest absolute Gasteiger partial charge is 0.227 e. The number of fused-ring (bicyclic) bond motifs is 1. The predicted molar refractivity (Wildman–Crippen MR) is 74.9 cm³/mol. The van der Waals surface area contributed by atoms with E-state index >= 15 is 0 Å². The number of nitrogens with zero attached hydrogens (tertiary/aromatic N) is 1. The van der Waals surface area contributed by atoms with E-state index in [-0.39, 0.29) is 5.91 Å². The van der Waals surface area contributed by atoms with Crippen molar-refractivity contribution in [3.8, 4) is 0 Å². The van der Waals surface area contributed by atoms with Crippen molar-refractivity contribution in [2.24, 2.45) is 0 Å². The fraction of sp³-hybridized carbons (Fsp3) is 0.533. The summed E-state index contributed by atoms with van der Waals surface area (Å²) in [5.41, 5.74) is 2.45. The lowest BCUT2D eigenvalue weighted by atomic mass is 10.1. The Kier molecular flexibility index (Phi) is 4.76. The maximum atomic E-state index is 12.3. The van der Waals surface area contributed by atoms with E-state index in [1.165, 1.54) is 12.0 Å². The van der Waals surface area contributed by atoms with Crippen LogP contribution in [0, 0.1) is 0 Å². The van der Waals surface area contributed by atoms with E-state index in [2.05, 4.69) is 23.5 Å². The van der Waals surface area contributed by atoms with E-state index < -0.39 is 0 Å². The fourth-order valence-electron chi connectivity index (χ4n) is 2.50. The van der Waals surface area contributed by atoms with Crippen molar-refractivity contribution in [3.63, 3.8) is 0 Å². The van der Waals surface area contributed by atoms with Crippen molar-refractivity contribution >= 4 is 11.6 Å². The number of anilines is 1. The number of hydrogen-bond donors (Lipinski definition) is 1. The molecular weight excluding hydrogens is 224 g/mol. The van der Waals surface area contributed by atoms with Gasteiger partial charge in [-0.3, -0.25) is 4.79 Å². The number of rotatable bonds is 4. The second-order valence-corrected chi connectivity index (χ2v) is 4.84. The van der Waals surface area contributed by atoms with Gasteiger partial charge in [0.05, 0.1) is 0 Å². The molecule has 1 aliphatic heterocycles. The third kappa shape index (κ3) is 3.10. The SMILES string of the molecule is CNCCCC(=O)N1CCCCc2ccccc21. The maximum Gasteiger partial charge on any atom is 0.227 e. The number of para-hydroxylation sites is 1. The van der Waals surface area contributed by atoms with Crippen LogP contribution in [0.5, 0.6) is 0 Å². The first-order valence-electron chi connectivity index (χ1n) is 6.86. The lowest BCUT2D eigenvalue weighted by molar-refractivity contribution is -0.118. The molecule has 1 aromatic carbocycles. The lowest BCUT2D eigenvalue weighted by Crippen LogP contribution is -2.32.